The highest BCUT2D eigenvalue weighted by Gasteiger charge is 2.21. The smallest absolute Gasteiger partial charge is 0.345 e. The van der Waals surface area contributed by atoms with Gasteiger partial charge in [-0.15, -0.1) is 11.3 Å². The summed E-state index contributed by atoms with van der Waals surface area (Å²) >= 11 is 1.23. The predicted octanol–water partition coefficient (Wildman–Crippen LogP) is 2.96. The Labute approximate surface area is 125 Å². The summed E-state index contributed by atoms with van der Waals surface area (Å²) in [7, 11) is 0. The summed E-state index contributed by atoms with van der Waals surface area (Å²) in [6, 6.07) is 7.09. The molecule has 0 radical (unpaired) electrons. The molecule has 1 saturated heterocycles. The first-order valence-corrected chi connectivity index (χ1v) is 7.60. The molecule has 2 heterocycles. The zero-order chi connectivity index (χ0) is 14.8. The molecule has 1 aromatic carbocycles. The van der Waals surface area contributed by atoms with E-state index in [2.05, 4.69) is 5.32 Å². The van der Waals surface area contributed by atoms with Crippen LogP contribution >= 0.6 is 11.3 Å². The van der Waals surface area contributed by atoms with Crippen LogP contribution in [0, 0.1) is 5.92 Å². The quantitative estimate of drug-likeness (QED) is 0.914. The lowest BCUT2D eigenvalue weighted by molar-refractivity contribution is -0.122. The lowest BCUT2D eigenvalue weighted by Gasteiger charge is -2.21. The highest BCUT2D eigenvalue weighted by Crippen LogP contribution is 2.28. The molecule has 0 unspecified atom stereocenters. The van der Waals surface area contributed by atoms with Crippen molar-refractivity contribution in [3.63, 3.8) is 0 Å². The third kappa shape index (κ3) is 3.06. The number of carbonyl (C=O) groups is 2. The molecule has 1 amide bonds. The van der Waals surface area contributed by atoms with Crippen molar-refractivity contribution >= 4 is 39.0 Å². The number of hydrogen-bond donors (Lipinski definition) is 2. The average molecular weight is 305 g/mol. The monoisotopic (exact) mass is 305 g/mol. The van der Waals surface area contributed by atoms with Gasteiger partial charge in [-0.2, -0.15) is 0 Å². The minimum Gasteiger partial charge on any atom is -0.477 e. The number of rotatable bonds is 3. The van der Waals surface area contributed by atoms with E-state index in [0.717, 1.165) is 22.9 Å². The summed E-state index contributed by atoms with van der Waals surface area (Å²) < 4.78 is 6.15. The van der Waals surface area contributed by atoms with Gasteiger partial charge >= 0.3 is 5.97 Å². The molecular weight excluding hydrogens is 290 g/mol. The maximum absolute atomic E-state index is 12.2. The van der Waals surface area contributed by atoms with E-state index in [1.54, 1.807) is 6.07 Å². The van der Waals surface area contributed by atoms with Crippen LogP contribution in [0.15, 0.2) is 24.3 Å². The fourth-order valence-electron chi connectivity index (χ4n) is 2.43. The summed E-state index contributed by atoms with van der Waals surface area (Å²) in [5.41, 5.74) is 0.703. The zero-order valence-electron chi connectivity index (χ0n) is 11.3. The predicted molar refractivity (Wildman–Crippen MR) is 81.0 cm³/mol. The molecule has 0 aliphatic carbocycles. The van der Waals surface area contributed by atoms with Gasteiger partial charge in [0.25, 0.3) is 0 Å². The average Bonchev–Trinajstić information content (AvgIpc) is 2.91. The molecule has 0 saturated carbocycles. The van der Waals surface area contributed by atoms with Gasteiger partial charge < -0.3 is 15.2 Å². The molecule has 0 bridgehead atoms. The molecule has 0 atom stereocenters. The Hall–Kier alpha value is -1.92. The normalized spacial score (nSPS) is 16.0. The van der Waals surface area contributed by atoms with E-state index in [0.29, 0.717) is 23.8 Å². The maximum Gasteiger partial charge on any atom is 0.345 e. The number of nitrogens with one attached hydrogen (secondary N) is 1. The molecule has 1 aliphatic heterocycles. The Morgan fingerprint density at radius 2 is 2.00 bits per heavy atom. The zero-order valence-corrected chi connectivity index (χ0v) is 12.1. The Balaban J connectivity index is 1.77. The fourth-order valence-corrected chi connectivity index (χ4v) is 3.31. The molecule has 110 valence electrons. The van der Waals surface area contributed by atoms with E-state index in [4.69, 9.17) is 9.84 Å². The third-order valence-corrected chi connectivity index (χ3v) is 4.69. The van der Waals surface area contributed by atoms with Gasteiger partial charge in [-0.25, -0.2) is 4.79 Å². The maximum atomic E-state index is 12.2. The highest BCUT2D eigenvalue weighted by molar-refractivity contribution is 7.20. The van der Waals surface area contributed by atoms with Crippen molar-refractivity contribution in [2.75, 3.05) is 18.5 Å². The van der Waals surface area contributed by atoms with Crippen molar-refractivity contribution in [3.05, 3.63) is 29.1 Å². The molecule has 6 heteroatoms. The van der Waals surface area contributed by atoms with E-state index in [1.165, 1.54) is 11.3 Å². The second-order valence-electron chi connectivity index (χ2n) is 5.04. The van der Waals surface area contributed by atoms with Crippen LogP contribution in [0.3, 0.4) is 0 Å². The Kier molecular flexibility index (Phi) is 3.90. The van der Waals surface area contributed by atoms with Crippen LogP contribution in [-0.2, 0) is 9.53 Å². The summed E-state index contributed by atoms with van der Waals surface area (Å²) in [6.07, 6.45) is 1.49. The van der Waals surface area contributed by atoms with Crippen molar-refractivity contribution in [1.82, 2.24) is 0 Å². The van der Waals surface area contributed by atoms with Crippen LogP contribution in [-0.4, -0.2) is 30.2 Å². The first-order chi connectivity index (χ1) is 10.1. The number of fused-ring (bicyclic) bond motifs is 1. The molecule has 0 spiro atoms. The topological polar surface area (TPSA) is 75.6 Å². The van der Waals surface area contributed by atoms with Gasteiger partial charge in [-0.1, -0.05) is 0 Å². The Bertz CT molecular complexity index is 688. The van der Waals surface area contributed by atoms with Gasteiger partial charge in [-0.05, 0) is 42.5 Å². The van der Waals surface area contributed by atoms with Gasteiger partial charge in [0, 0.05) is 29.5 Å². The number of carboxylic acids is 1. The molecule has 3 rings (SSSR count). The van der Waals surface area contributed by atoms with E-state index in [1.807, 2.05) is 18.2 Å². The minimum atomic E-state index is -0.927. The number of thiophene rings is 1. The van der Waals surface area contributed by atoms with Crippen molar-refractivity contribution in [1.29, 1.82) is 0 Å². The van der Waals surface area contributed by atoms with E-state index in [9.17, 15) is 9.59 Å². The molecule has 1 fully saturated rings. The fraction of sp³-hybridized carbons (Fsp3) is 0.333. The van der Waals surface area contributed by atoms with Gasteiger partial charge in [0.2, 0.25) is 5.91 Å². The van der Waals surface area contributed by atoms with Crippen LogP contribution in [0.1, 0.15) is 22.5 Å². The van der Waals surface area contributed by atoms with E-state index >= 15 is 0 Å². The molecule has 2 aromatic rings. The number of benzene rings is 1. The number of carbonyl (C=O) groups excluding carboxylic acids is 1. The largest absolute Gasteiger partial charge is 0.477 e. The van der Waals surface area contributed by atoms with Crippen molar-refractivity contribution in [2.24, 2.45) is 5.92 Å². The lowest BCUT2D eigenvalue weighted by atomic mass is 9.99. The van der Waals surface area contributed by atoms with E-state index in [-0.39, 0.29) is 11.8 Å². The van der Waals surface area contributed by atoms with Crippen LogP contribution in [0.5, 0.6) is 0 Å². The summed E-state index contributed by atoms with van der Waals surface area (Å²) in [5.74, 6) is -0.929. The van der Waals surface area contributed by atoms with Crippen molar-refractivity contribution < 1.29 is 19.4 Å². The van der Waals surface area contributed by atoms with Gasteiger partial charge in [0.05, 0.1) is 0 Å². The van der Waals surface area contributed by atoms with Gasteiger partial charge in [0.15, 0.2) is 0 Å². The van der Waals surface area contributed by atoms with Crippen LogP contribution in [0.25, 0.3) is 10.1 Å². The number of hydrogen-bond acceptors (Lipinski definition) is 4. The summed E-state index contributed by atoms with van der Waals surface area (Å²) in [5, 5.41) is 12.7. The number of aromatic carboxylic acids is 1. The summed E-state index contributed by atoms with van der Waals surface area (Å²) in [4.78, 5) is 23.4. The van der Waals surface area contributed by atoms with Crippen LogP contribution < -0.4 is 5.32 Å². The van der Waals surface area contributed by atoms with Gasteiger partial charge in [-0.3, -0.25) is 4.79 Å². The number of carboxylic acid groups (broad SMARTS) is 1. The Morgan fingerprint density at radius 3 is 2.71 bits per heavy atom. The Morgan fingerprint density at radius 1 is 1.24 bits per heavy atom. The number of anilines is 1. The highest BCUT2D eigenvalue weighted by atomic mass is 32.1. The number of ether oxygens (including phenoxy) is 1. The second-order valence-corrected chi connectivity index (χ2v) is 6.13. The van der Waals surface area contributed by atoms with Crippen molar-refractivity contribution in [3.8, 4) is 0 Å². The van der Waals surface area contributed by atoms with E-state index < -0.39 is 5.97 Å². The number of amides is 1. The SMILES string of the molecule is O=C(O)c1cc2cc(NC(=O)C3CCOCC3)ccc2s1. The molecule has 2 N–H and O–H groups in total. The molecule has 1 aromatic heterocycles. The first-order valence-electron chi connectivity index (χ1n) is 6.79. The van der Waals surface area contributed by atoms with Crippen LogP contribution in [0.4, 0.5) is 5.69 Å². The molecule has 21 heavy (non-hydrogen) atoms. The van der Waals surface area contributed by atoms with Crippen LogP contribution in [0.2, 0.25) is 0 Å². The molecule has 1 aliphatic rings. The standard InChI is InChI=1S/C15H15NO4S/c17-14(9-3-5-20-6-4-9)16-11-1-2-12-10(7-11)8-13(21-12)15(18)19/h1-2,7-9H,3-6H2,(H,16,17)(H,18,19). The van der Waals surface area contributed by atoms with Gasteiger partial charge in [0.1, 0.15) is 4.88 Å². The first kappa shape index (κ1) is 14.0. The second kappa shape index (κ2) is 5.83. The molecule has 5 nitrogen and oxygen atoms in total. The molecular formula is C15H15NO4S. The van der Waals surface area contributed by atoms with Crippen molar-refractivity contribution in [2.45, 2.75) is 12.8 Å². The summed E-state index contributed by atoms with van der Waals surface area (Å²) in [6.45, 7) is 1.26. The minimum absolute atomic E-state index is 0.00587. The third-order valence-electron chi connectivity index (χ3n) is 3.59. The lowest BCUT2D eigenvalue weighted by Crippen LogP contribution is -2.28.